The van der Waals surface area contributed by atoms with Crippen LogP contribution >= 0.6 is 11.3 Å². The maximum Gasteiger partial charge on any atom is 0.357 e. The minimum absolute atomic E-state index is 0.117. The summed E-state index contributed by atoms with van der Waals surface area (Å²) in [6.45, 7) is 0.117. The second kappa shape index (κ2) is 3.39. The average Bonchev–Trinajstić information content (AvgIpc) is 2.91. The average molecular weight is 254 g/mol. The number of aromatic nitrogens is 2. The molecule has 0 saturated carbocycles. The van der Waals surface area contributed by atoms with Gasteiger partial charge in [0.15, 0.2) is 17.2 Å². The van der Waals surface area contributed by atoms with E-state index in [0.29, 0.717) is 16.4 Å². The summed E-state index contributed by atoms with van der Waals surface area (Å²) in [7, 11) is 0. The highest BCUT2D eigenvalue weighted by atomic mass is 32.1. The highest BCUT2D eigenvalue weighted by Gasteiger charge is 2.27. The third-order valence-corrected chi connectivity index (χ3v) is 3.19. The summed E-state index contributed by atoms with van der Waals surface area (Å²) in [4.78, 5) is 10.8. The Hall–Kier alpha value is -2.22. The van der Waals surface area contributed by atoms with Crippen molar-refractivity contribution in [3.05, 3.63) is 11.1 Å². The molecule has 3 heterocycles. The number of carbonyl (C=O) groups is 1. The van der Waals surface area contributed by atoms with Gasteiger partial charge in [-0.15, -0.1) is 11.3 Å². The molecule has 1 aliphatic heterocycles. The molecule has 3 N–H and O–H groups in total. The van der Waals surface area contributed by atoms with Crippen molar-refractivity contribution in [3.8, 4) is 27.8 Å². The van der Waals surface area contributed by atoms with E-state index in [0.717, 1.165) is 0 Å². The molecule has 2 aromatic rings. The molecule has 8 heteroatoms. The Morgan fingerprint density at radius 2 is 2.35 bits per heavy atom. The largest absolute Gasteiger partial charge is 0.504 e. The van der Waals surface area contributed by atoms with Crippen molar-refractivity contribution in [1.82, 2.24) is 10.2 Å². The van der Waals surface area contributed by atoms with E-state index in [-0.39, 0.29) is 18.2 Å². The van der Waals surface area contributed by atoms with Crippen molar-refractivity contribution in [2.75, 3.05) is 6.79 Å². The fourth-order valence-electron chi connectivity index (χ4n) is 1.54. The molecule has 1 aliphatic rings. The molecular weight excluding hydrogens is 248 g/mol. The van der Waals surface area contributed by atoms with E-state index in [4.69, 9.17) is 14.6 Å². The molecule has 0 aliphatic carbocycles. The SMILES string of the molecule is O=C(O)c1[nH]nc(-c2csc3c2OCO3)c1O. The van der Waals surface area contributed by atoms with Gasteiger partial charge in [0, 0.05) is 5.38 Å². The van der Waals surface area contributed by atoms with Crippen LogP contribution < -0.4 is 9.47 Å². The van der Waals surface area contributed by atoms with Crippen LogP contribution in [0, 0.1) is 0 Å². The quantitative estimate of drug-likeness (QED) is 0.745. The first-order valence-electron chi connectivity index (χ1n) is 4.56. The van der Waals surface area contributed by atoms with Crippen LogP contribution in [0.1, 0.15) is 10.5 Å². The van der Waals surface area contributed by atoms with E-state index < -0.39 is 11.7 Å². The molecule has 0 spiro atoms. The van der Waals surface area contributed by atoms with E-state index in [2.05, 4.69) is 10.2 Å². The highest BCUT2D eigenvalue weighted by Crippen LogP contribution is 2.48. The summed E-state index contributed by atoms with van der Waals surface area (Å²) in [6, 6.07) is 0. The zero-order valence-corrected chi connectivity index (χ0v) is 9.08. The van der Waals surface area contributed by atoms with Crippen LogP contribution in [0.15, 0.2) is 5.38 Å². The zero-order chi connectivity index (χ0) is 12.0. The van der Waals surface area contributed by atoms with Crippen molar-refractivity contribution in [1.29, 1.82) is 0 Å². The molecule has 3 rings (SSSR count). The summed E-state index contributed by atoms with van der Waals surface area (Å²) in [6.07, 6.45) is 0. The van der Waals surface area contributed by atoms with Crippen molar-refractivity contribution >= 4 is 17.3 Å². The number of hydrogen-bond acceptors (Lipinski definition) is 6. The van der Waals surface area contributed by atoms with Crippen LogP contribution in [0.25, 0.3) is 11.3 Å². The number of fused-ring (bicyclic) bond motifs is 1. The lowest BCUT2D eigenvalue weighted by Gasteiger charge is -1.97. The number of H-pyrrole nitrogens is 1. The standard InChI is InChI=1S/C9H6N2O5S/c12-6-4(10-11-5(6)8(13)14)3-1-17-9-7(3)15-2-16-9/h1,12H,2H2,(H,10,11)(H,13,14). The Bertz CT molecular complexity index is 603. The Kier molecular flexibility index (Phi) is 1.99. The first kappa shape index (κ1) is 9.97. The molecule has 88 valence electrons. The Morgan fingerprint density at radius 1 is 1.53 bits per heavy atom. The Labute approximate surface area is 98.2 Å². The van der Waals surface area contributed by atoms with E-state index in [1.807, 2.05) is 0 Å². The lowest BCUT2D eigenvalue weighted by atomic mass is 10.2. The first-order valence-corrected chi connectivity index (χ1v) is 5.44. The third kappa shape index (κ3) is 1.34. The van der Waals surface area contributed by atoms with Crippen molar-refractivity contribution in [2.45, 2.75) is 0 Å². The first-order chi connectivity index (χ1) is 8.18. The summed E-state index contributed by atoms with van der Waals surface area (Å²) in [5.74, 6) is -1.20. The molecule has 0 saturated heterocycles. The molecule has 0 bridgehead atoms. The second-order valence-electron chi connectivity index (χ2n) is 3.27. The Morgan fingerprint density at radius 3 is 3.06 bits per heavy atom. The summed E-state index contributed by atoms with van der Waals surface area (Å²) in [5.41, 5.74) is 0.313. The maximum absolute atomic E-state index is 10.8. The highest BCUT2D eigenvalue weighted by molar-refractivity contribution is 7.12. The number of aromatic amines is 1. The minimum Gasteiger partial charge on any atom is -0.504 e. The summed E-state index contributed by atoms with van der Waals surface area (Å²) in [5, 5.41) is 26.8. The summed E-state index contributed by atoms with van der Waals surface area (Å²) >= 11 is 1.30. The number of aromatic hydroxyl groups is 1. The molecule has 0 radical (unpaired) electrons. The topological polar surface area (TPSA) is 105 Å². The van der Waals surface area contributed by atoms with Gasteiger partial charge < -0.3 is 19.7 Å². The van der Waals surface area contributed by atoms with Crippen LogP contribution in [0.4, 0.5) is 0 Å². The number of carboxylic acid groups (broad SMARTS) is 1. The zero-order valence-electron chi connectivity index (χ0n) is 8.26. The lowest BCUT2D eigenvalue weighted by Crippen LogP contribution is -1.96. The normalized spacial score (nSPS) is 12.9. The van der Waals surface area contributed by atoms with Gasteiger partial charge in [0.25, 0.3) is 0 Å². The molecule has 0 atom stereocenters. The smallest absolute Gasteiger partial charge is 0.357 e. The van der Waals surface area contributed by atoms with Gasteiger partial charge in [0.1, 0.15) is 5.69 Å². The molecule has 0 unspecified atom stereocenters. The van der Waals surface area contributed by atoms with Crippen molar-refractivity contribution < 1.29 is 24.5 Å². The van der Waals surface area contributed by atoms with Crippen molar-refractivity contribution in [3.63, 3.8) is 0 Å². The van der Waals surface area contributed by atoms with Crippen molar-refractivity contribution in [2.24, 2.45) is 0 Å². The molecule has 2 aromatic heterocycles. The molecule has 0 aromatic carbocycles. The number of nitrogens with one attached hydrogen (secondary N) is 1. The molecule has 0 amide bonds. The van der Waals surface area contributed by atoms with Gasteiger partial charge in [-0.05, 0) is 0 Å². The van der Waals surface area contributed by atoms with Crippen LogP contribution in [0.2, 0.25) is 0 Å². The Balaban J connectivity index is 2.13. The van der Waals surface area contributed by atoms with Gasteiger partial charge in [-0.25, -0.2) is 4.79 Å². The van der Waals surface area contributed by atoms with Gasteiger partial charge in [0.05, 0.1) is 5.56 Å². The van der Waals surface area contributed by atoms with E-state index >= 15 is 0 Å². The van der Waals surface area contributed by atoms with Crippen LogP contribution in [0.3, 0.4) is 0 Å². The lowest BCUT2D eigenvalue weighted by molar-refractivity contribution is 0.0687. The number of ether oxygens (including phenoxy) is 2. The second-order valence-corrected chi connectivity index (χ2v) is 4.12. The maximum atomic E-state index is 10.8. The van der Waals surface area contributed by atoms with E-state index in [9.17, 15) is 9.90 Å². The predicted molar refractivity (Wildman–Crippen MR) is 56.6 cm³/mol. The molecule has 0 fully saturated rings. The molecule has 7 nitrogen and oxygen atoms in total. The fourth-order valence-corrected chi connectivity index (χ4v) is 2.38. The fraction of sp³-hybridized carbons (Fsp3) is 0.111. The number of thiophene rings is 1. The third-order valence-electron chi connectivity index (χ3n) is 2.32. The number of aromatic carboxylic acids is 1. The van der Waals surface area contributed by atoms with Gasteiger partial charge >= 0.3 is 5.97 Å². The molecular formula is C9H6N2O5S. The van der Waals surface area contributed by atoms with Gasteiger partial charge in [-0.2, -0.15) is 5.10 Å². The minimum atomic E-state index is -1.27. The summed E-state index contributed by atoms with van der Waals surface area (Å²) < 4.78 is 10.4. The van der Waals surface area contributed by atoms with Crippen LogP contribution in [-0.2, 0) is 0 Å². The number of hydrogen-bond donors (Lipinski definition) is 3. The number of nitrogens with zero attached hydrogens (tertiary/aromatic N) is 1. The van der Waals surface area contributed by atoms with E-state index in [1.54, 1.807) is 5.38 Å². The van der Waals surface area contributed by atoms with Crippen LogP contribution in [-0.4, -0.2) is 33.2 Å². The van der Waals surface area contributed by atoms with E-state index in [1.165, 1.54) is 11.3 Å². The number of rotatable bonds is 2. The number of carboxylic acids is 1. The van der Waals surface area contributed by atoms with Crippen LogP contribution in [0.5, 0.6) is 16.6 Å². The molecule has 17 heavy (non-hydrogen) atoms. The monoisotopic (exact) mass is 254 g/mol. The van der Waals surface area contributed by atoms with Gasteiger partial charge in [-0.1, -0.05) is 0 Å². The predicted octanol–water partition coefficient (Wildman–Crippen LogP) is 1.27. The van der Waals surface area contributed by atoms with Gasteiger partial charge in [-0.3, -0.25) is 5.10 Å². The van der Waals surface area contributed by atoms with Gasteiger partial charge in [0.2, 0.25) is 11.9 Å².